The molecule has 32 heavy (non-hydrogen) atoms. The van der Waals surface area contributed by atoms with E-state index in [0.29, 0.717) is 24.3 Å². The number of carboxylic acid groups (broad SMARTS) is 1. The Morgan fingerprint density at radius 2 is 1.97 bits per heavy atom. The smallest absolute Gasteiger partial charge is 0.349 e. The zero-order valence-electron chi connectivity index (χ0n) is 18.2. The normalized spacial score (nSPS) is 13.5. The summed E-state index contributed by atoms with van der Waals surface area (Å²) in [6.45, 7) is 5.07. The minimum Gasteiger partial charge on any atom is -0.483 e. The summed E-state index contributed by atoms with van der Waals surface area (Å²) in [7, 11) is 0. The molecule has 0 unspecified atom stereocenters. The molecule has 1 aliphatic heterocycles. The van der Waals surface area contributed by atoms with Crippen LogP contribution in [0.15, 0.2) is 45.7 Å². The van der Waals surface area contributed by atoms with Crippen LogP contribution in [0.4, 0.5) is 0 Å². The van der Waals surface area contributed by atoms with Gasteiger partial charge in [0.25, 0.3) is 12.4 Å². The number of hydrogen-bond acceptors (Lipinski definition) is 5. The number of carbonyl (C=O) groups excluding carboxylic acids is 1. The number of hydrogen-bond donors (Lipinski definition) is 3. The number of aromatic amines is 1. The van der Waals surface area contributed by atoms with Crippen molar-refractivity contribution in [1.29, 1.82) is 0 Å². The van der Waals surface area contributed by atoms with Crippen LogP contribution in [-0.2, 0) is 17.6 Å². The summed E-state index contributed by atoms with van der Waals surface area (Å²) in [5.41, 5.74) is 2.50. The van der Waals surface area contributed by atoms with Gasteiger partial charge in [0.1, 0.15) is 11.3 Å². The van der Waals surface area contributed by atoms with E-state index in [-0.39, 0.29) is 17.9 Å². The van der Waals surface area contributed by atoms with Gasteiger partial charge in [-0.1, -0.05) is 18.2 Å². The van der Waals surface area contributed by atoms with Crippen LogP contribution in [0.5, 0.6) is 0 Å². The Morgan fingerprint density at radius 1 is 1.25 bits per heavy atom. The van der Waals surface area contributed by atoms with Gasteiger partial charge in [-0.3, -0.25) is 9.59 Å². The number of para-hydroxylation sites is 1. The fraction of sp³-hybridized carbons (Fsp3) is 0.375. The van der Waals surface area contributed by atoms with Gasteiger partial charge in [0.15, 0.2) is 0 Å². The van der Waals surface area contributed by atoms with Crippen molar-refractivity contribution in [2.75, 3.05) is 26.2 Å². The van der Waals surface area contributed by atoms with Crippen LogP contribution < -0.4 is 10.9 Å². The van der Waals surface area contributed by atoms with E-state index in [1.807, 2.05) is 30.5 Å². The molecule has 8 nitrogen and oxygen atoms in total. The second-order valence-electron chi connectivity index (χ2n) is 7.83. The first kappa shape index (κ1) is 23.3. The third-order valence-electron chi connectivity index (χ3n) is 5.65. The second kappa shape index (κ2) is 11.3. The molecular weight excluding hydrogens is 410 g/mol. The minimum atomic E-state index is -0.558. The molecule has 3 N–H and O–H groups in total. The van der Waals surface area contributed by atoms with Crippen LogP contribution in [0.2, 0.25) is 0 Å². The summed E-state index contributed by atoms with van der Waals surface area (Å²) in [6, 6.07) is 9.95. The number of H-pyrrole nitrogens is 1. The molecule has 2 aromatic heterocycles. The lowest BCUT2D eigenvalue weighted by Crippen LogP contribution is -2.36. The third-order valence-corrected chi connectivity index (χ3v) is 5.65. The number of rotatable bonds is 7. The highest BCUT2D eigenvalue weighted by atomic mass is 16.4. The zero-order valence-corrected chi connectivity index (χ0v) is 18.2. The van der Waals surface area contributed by atoms with Gasteiger partial charge in [0, 0.05) is 36.6 Å². The molecule has 1 amide bonds. The van der Waals surface area contributed by atoms with Crippen LogP contribution in [0.25, 0.3) is 10.9 Å². The molecule has 1 saturated heterocycles. The van der Waals surface area contributed by atoms with E-state index in [0.717, 1.165) is 31.6 Å². The molecule has 0 radical (unpaired) electrons. The van der Waals surface area contributed by atoms with E-state index in [1.54, 1.807) is 6.92 Å². The van der Waals surface area contributed by atoms with E-state index in [2.05, 4.69) is 21.3 Å². The Balaban J connectivity index is 0.000000913. The molecule has 0 bridgehead atoms. The number of nitrogens with one attached hydrogen (secondary N) is 2. The fourth-order valence-electron chi connectivity index (χ4n) is 4.09. The maximum absolute atomic E-state index is 12.5. The first-order valence-electron chi connectivity index (χ1n) is 10.8. The molecule has 8 heteroatoms. The molecule has 0 aliphatic carbocycles. The monoisotopic (exact) mass is 439 g/mol. The molecule has 0 atom stereocenters. The molecular formula is C24H29N3O5. The van der Waals surface area contributed by atoms with Crippen molar-refractivity contribution in [3.63, 3.8) is 0 Å². The van der Waals surface area contributed by atoms with Gasteiger partial charge in [-0.25, -0.2) is 4.79 Å². The maximum Gasteiger partial charge on any atom is 0.349 e. The Morgan fingerprint density at radius 3 is 2.69 bits per heavy atom. The molecule has 3 aromatic rings. The highest BCUT2D eigenvalue weighted by Crippen LogP contribution is 2.19. The molecule has 0 saturated carbocycles. The van der Waals surface area contributed by atoms with Gasteiger partial charge < -0.3 is 24.7 Å². The summed E-state index contributed by atoms with van der Waals surface area (Å²) in [6.07, 6.45) is 5.80. The van der Waals surface area contributed by atoms with Crippen molar-refractivity contribution >= 4 is 23.3 Å². The van der Waals surface area contributed by atoms with Crippen molar-refractivity contribution in [3.05, 3.63) is 69.4 Å². The molecule has 1 fully saturated rings. The molecule has 1 aromatic carbocycles. The molecule has 3 heterocycles. The average Bonchev–Trinajstić information content (AvgIpc) is 3.42. The maximum atomic E-state index is 12.5. The summed E-state index contributed by atoms with van der Waals surface area (Å²) in [5, 5.41) is 10.9. The van der Waals surface area contributed by atoms with Gasteiger partial charge in [0.2, 0.25) is 0 Å². The van der Waals surface area contributed by atoms with Gasteiger partial charge in [-0.2, -0.15) is 0 Å². The largest absolute Gasteiger partial charge is 0.483 e. The number of carbonyl (C=O) groups is 2. The molecule has 170 valence electrons. The fourth-order valence-corrected chi connectivity index (χ4v) is 4.09. The zero-order chi connectivity index (χ0) is 22.9. The second-order valence-corrected chi connectivity index (χ2v) is 7.83. The first-order chi connectivity index (χ1) is 15.5. The molecule has 4 rings (SSSR count). The number of nitrogens with zero attached hydrogens (tertiary/aromatic N) is 1. The van der Waals surface area contributed by atoms with E-state index in [9.17, 15) is 9.59 Å². The number of amides is 1. The van der Waals surface area contributed by atoms with Crippen molar-refractivity contribution in [3.8, 4) is 0 Å². The van der Waals surface area contributed by atoms with Gasteiger partial charge in [0.05, 0.1) is 0 Å². The Labute approximate surface area is 186 Å². The van der Waals surface area contributed by atoms with Crippen molar-refractivity contribution in [2.24, 2.45) is 0 Å². The topological polar surface area (TPSA) is 116 Å². The number of benzene rings is 1. The van der Waals surface area contributed by atoms with Crippen LogP contribution >= 0.6 is 0 Å². The lowest BCUT2D eigenvalue weighted by Gasteiger charge is -2.15. The van der Waals surface area contributed by atoms with Crippen LogP contribution in [0, 0.1) is 6.92 Å². The summed E-state index contributed by atoms with van der Waals surface area (Å²) < 4.78 is 5.46. The summed E-state index contributed by atoms with van der Waals surface area (Å²) in [4.78, 5) is 38.9. The Bertz CT molecular complexity index is 1110. The van der Waals surface area contributed by atoms with Crippen molar-refractivity contribution in [1.82, 2.24) is 15.2 Å². The SMILES string of the molecule is Cc1cc(CCc2c[nH]c3ccccc23)oc(=O)c1C(=O)NCCN1CCCC1.O=CO. The standard InChI is InChI=1S/C23H27N3O3.CH2O2/c1-16-14-18(9-8-17-15-25-20-7-3-2-6-19(17)20)29-23(28)21(16)22(27)24-10-13-26-11-4-5-12-26;2-1-3/h2-3,6-7,14-15,25H,4-5,8-13H2,1H3,(H,24,27);1H,(H,2,3). The van der Waals surface area contributed by atoms with Crippen molar-refractivity contribution < 1.29 is 19.1 Å². The number of likely N-dealkylation sites (tertiary alicyclic amines) is 1. The molecule has 0 spiro atoms. The Kier molecular flexibility index (Phi) is 8.21. The third kappa shape index (κ3) is 5.85. The summed E-state index contributed by atoms with van der Waals surface area (Å²) >= 11 is 0. The minimum absolute atomic E-state index is 0.113. The van der Waals surface area contributed by atoms with Gasteiger partial charge >= 0.3 is 5.63 Å². The number of aromatic nitrogens is 1. The Hall–Kier alpha value is -3.39. The van der Waals surface area contributed by atoms with Gasteiger partial charge in [-0.05, 0) is 62.5 Å². The van der Waals surface area contributed by atoms with Crippen LogP contribution in [0.1, 0.15) is 40.1 Å². The van der Waals surface area contributed by atoms with Crippen molar-refractivity contribution in [2.45, 2.75) is 32.6 Å². The highest BCUT2D eigenvalue weighted by molar-refractivity contribution is 5.95. The highest BCUT2D eigenvalue weighted by Gasteiger charge is 2.18. The summed E-state index contributed by atoms with van der Waals surface area (Å²) in [5.74, 6) is 0.255. The predicted molar refractivity (Wildman–Crippen MR) is 122 cm³/mol. The predicted octanol–water partition coefficient (Wildman–Crippen LogP) is 2.74. The first-order valence-corrected chi connectivity index (χ1v) is 10.8. The van der Waals surface area contributed by atoms with E-state index in [4.69, 9.17) is 14.3 Å². The number of fused-ring (bicyclic) bond motifs is 1. The van der Waals surface area contributed by atoms with E-state index in [1.165, 1.54) is 23.8 Å². The van der Waals surface area contributed by atoms with Crippen LogP contribution in [-0.4, -0.2) is 53.5 Å². The average molecular weight is 440 g/mol. The van der Waals surface area contributed by atoms with Gasteiger partial charge in [-0.15, -0.1) is 0 Å². The van der Waals surface area contributed by atoms with E-state index >= 15 is 0 Å². The number of aryl methyl sites for hydroxylation is 3. The lowest BCUT2D eigenvalue weighted by atomic mass is 10.1. The van der Waals surface area contributed by atoms with Crippen LogP contribution in [0.3, 0.4) is 0 Å². The quantitative estimate of drug-likeness (QED) is 0.488. The molecule has 1 aliphatic rings. The lowest BCUT2D eigenvalue weighted by molar-refractivity contribution is -0.122. The van der Waals surface area contributed by atoms with E-state index < -0.39 is 5.63 Å².